The summed E-state index contributed by atoms with van der Waals surface area (Å²) in [6, 6.07) is 13.1. The van der Waals surface area contributed by atoms with E-state index in [1.807, 2.05) is 24.3 Å². The van der Waals surface area contributed by atoms with Crippen LogP contribution in [-0.2, 0) is 0 Å². The third-order valence-electron chi connectivity index (χ3n) is 2.75. The Morgan fingerprint density at radius 2 is 2.05 bits per heavy atom. The van der Waals surface area contributed by atoms with E-state index < -0.39 is 5.56 Å². The highest BCUT2D eigenvalue weighted by molar-refractivity contribution is 7.99. The smallest absolute Gasteiger partial charge is 0.270 e. The molecule has 0 bridgehead atoms. The number of thioether (sulfide) groups is 1. The van der Waals surface area contributed by atoms with Crippen molar-refractivity contribution in [1.29, 1.82) is 10.5 Å². The van der Waals surface area contributed by atoms with Crippen LogP contribution >= 0.6 is 11.8 Å². The van der Waals surface area contributed by atoms with Crippen molar-refractivity contribution in [3.05, 3.63) is 46.2 Å². The Bertz CT molecular complexity index is 771. The van der Waals surface area contributed by atoms with Crippen LogP contribution in [0.1, 0.15) is 12.5 Å². The second-order valence-electron chi connectivity index (χ2n) is 4.41. The van der Waals surface area contributed by atoms with Crippen molar-refractivity contribution in [3.8, 4) is 23.4 Å². The molecule has 0 aliphatic heterocycles. The summed E-state index contributed by atoms with van der Waals surface area (Å²) in [4.78, 5) is 18.9. The number of hydrogen-bond donors (Lipinski definition) is 1. The first-order valence-corrected chi connectivity index (χ1v) is 7.26. The van der Waals surface area contributed by atoms with Crippen LogP contribution < -0.4 is 5.56 Å². The van der Waals surface area contributed by atoms with Crippen LogP contribution in [-0.4, -0.2) is 15.7 Å². The number of rotatable bonds is 4. The van der Waals surface area contributed by atoms with E-state index in [0.29, 0.717) is 16.6 Å². The molecule has 1 aromatic carbocycles. The summed E-state index contributed by atoms with van der Waals surface area (Å²) < 4.78 is 0. The molecule has 6 heteroatoms. The van der Waals surface area contributed by atoms with Gasteiger partial charge in [-0.1, -0.05) is 42.1 Å². The Morgan fingerprint density at radius 3 is 2.67 bits per heavy atom. The van der Waals surface area contributed by atoms with Gasteiger partial charge in [-0.25, -0.2) is 4.98 Å². The normalized spacial score (nSPS) is 11.4. The second kappa shape index (κ2) is 6.74. The molecule has 0 saturated heterocycles. The van der Waals surface area contributed by atoms with Crippen LogP contribution in [0, 0.1) is 28.6 Å². The van der Waals surface area contributed by atoms with Gasteiger partial charge in [-0.05, 0) is 6.92 Å². The highest BCUT2D eigenvalue weighted by Crippen LogP contribution is 2.22. The number of nitrogens with one attached hydrogen (secondary N) is 1. The van der Waals surface area contributed by atoms with Crippen LogP contribution in [0.3, 0.4) is 0 Å². The summed E-state index contributed by atoms with van der Waals surface area (Å²) in [5.41, 5.74) is 0.627. The standard InChI is InChI=1S/C15H12N4OS/c1-10(7-16)9-21-15-18-13(11-5-3-2-4-6-11)12(8-17)14(20)19-15/h2-6,10H,9H2,1H3,(H,18,19,20). The molecule has 0 saturated carbocycles. The van der Waals surface area contributed by atoms with Crippen LogP contribution in [0.25, 0.3) is 11.3 Å². The summed E-state index contributed by atoms with van der Waals surface area (Å²) in [5.74, 6) is 0.385. The molecule has 5 nitrogen and oxygen atoms in total. The van der Waals surface area contributed by atoms with Crippen molar-refractivity contribution in [3.63, 3.8) is 0 Å². The lowest BCUT2D eigenvalue weighted by Crippen LogP contribution is -2.15. The number of H-pyrrole nitrogens is 1. The van der Waals surface area contributed by atoms with Crippen molar-refractivity contribution in [1.82, 2.24) is 9.97 Å². The van der Waals surface area contributed by atoms with Gasteiger partial charge < -0.3 is 4.98 Å². The molecule has 0 aliphatic rings. The van der Waals surface area contributed by atoms with Gasteiger partial charge >= 0.3 is 0 Å². The molecular formula is C15H12N4OS. The molecule has 21 heavy (non-hydrogen) atoms. The molecule has 0 fully saturated rings. The van der Waals surface area contributed by atoms with Crippen molar-refractivity contribution in [2.45, 2.75) is 12.1 Å². The maximum absolute atomic E-state index is 12.0. The third-order valence-corrected chi connectivity index (χ3v) is 3.88. The van der Waals surface area contributed by atoms with Crippen LogP contribution in [0.4, 0.5) is 0 Å². The Labute approximate surface area is 126 Å². The van der Waals surface area contributed by atoms with Gasteiger partial charge in [0.15, 0.2) is 5.16 Å². The molecule has 2 rings (SSSR count). The number of aromatic amines is 1. The molecule has 2 aromatic rings. The molecular weight excluding hydrogens is 284 g/mol. The van der Waals surface area contributed by atoms with E-state index in [2.05, 4.69) is 16.0 Å². The average molecular weight is 296 g/mol. The fourth-order valence-electron chi connectivity index (χ4n) is 1.67. The Morgan fingerprint density at radius 1 is 1.33 bits per heavy atom. The van der Waals surface area contributed by atoms with Gasteiger partial charge in [-0.2, -0.15) is 10.5 Å². The number of hydrogen-bond acceptors (Lipinski definition) is 5. The van der Waals surface area contributed by atoms with Gasteiger partial charge in [0, 0.05) is 11.3 Å². The van der Waals surface area contributed by atoms with E-state index in [0.717, 1.165) is 5.56 Å². The Balaban J connectivity index is 2.44. The quantitative estimate of drug-likeness (QED) is 0.691. The first-order valence-electron chi connectivity index (χ1n) is 6.28. The van der Waals surface area contributed by atoms with Crippen LogP contribution in [0.5, 0.6) is 0 Å². The van der Waals surface area contributed by atoms with E-state index >= 15 is 0 Å². The minimum absolute atomic E-state index is 0.00104. The van der Waals surface area contributed by atoms with E-state index in [1.54, 1.807) is 19.1 Å². The van der Waals surface area contributed by atoms with E-state index in [9.17, 15) is 4.79 Å². The fourth-order valence-corrected chi connectivity index (χ4v) is 2.47. The summed E-state index contributed by atoms with van der Waals surface area (Å²) in [6.07, 6.45) is 0. The van der Waals surface area contributed by atoms with Crippen LogP contribution in [0.15, 0.2) is 40.3 Å². The van der Waals surface area contributed by atoms with Gasteiger partial charge in [0.05, 0.1) is 17.7 Å². The van der Waals surface area contributed by atoms with Gasteiger partial charge in [0.1, 0.15) is 11.6 Å². The first-order chi connectivity index (χ1) is 10.2. The minimum Gasteiger partial charge on any atom is -0.300 e. The Hall–Kier alpha value is -2.57. The summed E-state index contributed by atoms with van der Waals surface area (Å²) in [7, 11) is 0. The SMILES string of the molecule is CC(C#N)CSc1nc(-c2ccccc2)c(C#N)c(=O)[nH]1. The highest BCUT2D eigenvalue weighted by atomic mass is 32.2. The molecule has 0 amide bonds. The molecule has 1 heterocycles. The molecule has 1 unspecified atom stereocenters. The Kier molecular flexibility index (Phi) is 4.76. The fraction of sp³-hybridized carbons (Fsp3) is 0.200. The monoisotopic (exact) mass is 296 g/mol. The molecule has 1 atom stereocenters. The molecule has 0 radical (unpaired) electrons. The molecule has 0 aliphatic carbocycles. The second-order valence-corrected chi connectivity index (χ2v) is 5.42. The highest BCUT2D eigenvalue weighted by Gasteiger charge is 2.13. The molecule has 104 valence electrons. The molecule has 1 aromatic heterocycles. The number of nitriles is 2. The zero-order valence-corrected chi connectivity index (χ0v) is 12.1. The predicted molar refractivity (Wildman–Crippen MR) is 80.5 cm³/mol. The zero-order valence-electron chi connectivity index (χ0n) is 11.3. The van der Waals surface area contributed by atoms with Crippen molar-refractivity contribution in [2.24, 2.45) is 5.92 Å². The lowest BCUT2D eigenvalue weighted by Gasteiger charge is -2.06. The van der Waals surface area contributed by atoms with Gasteiger partial charge in [-0.15, -0.1) is 0 Å². The van der Waals surface area contributed by atoms with Gasteiger partial charge in [0.25, 0.3) is 5.56 Å². The molecule has 1 N–H and O–H groups in total. The number of benzene rings is 1. The number of aromatic nitrogens is 2. The van der Waals surface area contributed by atoms with Gasteiger partial charge in [-0.3, -0.25) is 4.79 Å². The van der Waals surface area contributed by atoms with Crippen molar-refractivity contribution >= 4 is 11.8 Å². The number of nitrogens with zero attached hydrogens (tertiary/aromatic N) is 3. The topological polar surface area (TPSA) is 93.3 Å². The average Bonchev–Trinajstić information content (AvgIpc) is 2.52. The maximum atomic E-state index is 12.0. The third kappa shape index (κ3) is 3.50. The first kappa shape index (κ1) is 14.8. The summed E-state index contributed by atoms with van der Waals surface area (Å²) in [6.45, 7) is 1.80. The van der Waals surface area contributed by atoms with E-state index in [1.165, 1.54) is 11.8 Å². The van der Waals surface area contributed by atoms with Crippen molar-refractivity contribution in [2.75, 3.05) is 5.75 Å². The van der Waals surface area contributed by atoms with Gasteiger partial charge in [0.2, 0.25) is 0 Å². The zero-order chi connectivity index (χ0) is 15.2. The van der Waals surface area contributed by atoms with Crippen LogP contribution in [0.2, 0.25) is 0 Å². The van der Waals surface area contributed by atoms with Crippen molar-refractivity contribution < 1.29 is 0 Å². The minimum atomic E-state index is -0.460. The summed E-state index contributed by atoms with van der Waals surface area (Å²) >= 11 is 1.30. The summed E-state index contributed by atoms with van der Waals surface area (Å²) in [5, 5.41) is 18.3. The maximum Gasteiger partial charge on any atom is 0.270 e. The lowest BCUT2D eigenvalue weighted by atomic mass is 10.1. The largest absolute Gasteiger partial charge is 0.300 e. The van der Waals surface area contributed by atoms with E-state index in [-0.39, 0.29) is 11.5 Å². The molecule has 0 spiro atoms. The predicted octanol–water partition coefficient (Wildman–Crippen LogP) is 2.56. The van der Waals surface area contributed by atoms with E-state index in [4.69, 9.17) is 10.5 Å². The lowest BCUT2D eigenvalue weighted by molar-refractivity contribution is 0.854.